The molecule has 0 bridgehead atoms. The second kappa shape index (κ2) is 8.15. The van der Waals surface area contributed by atoms with Crippen molar-refractivity contribution >= 4 is 17.7 Å². The molecule has 19 heavy (non-hydrogen) atoms. The van der Waals surface area contributed by atoms with Gasteiger partial charge in [0, 0.05) is 11.5 Å². The van der Waals surface area contributed by atoms with Crippen LogP contribution >= 0.6 is 11.8 Å². The molecular weight excluding hydrogens is 256 g/mol. The molecule has 1 aliphatic rings. The van der Waals surface area contributed by atoms with Crippen molar-refractivity contribution in [3.8, 4) is 0 Å². The highest BCUT2D eigenvalue weighted by Crippen LogP contribution is 2.32. The first-order valence-corrected chi connectivity index (χ1v) is 8.73. The largest absolute Gasteiger partial charge is 0.353 e. The van der Waals surface area contributed by atoms with E-state index in [2.05, 4.69) is 38.3 Å². The minimum Gasteiger partial charge on any atom is -0.353 e. The fourth-order valence-electron chi connectivity index (χ4n) is 2.54. The summed E-state index contributed by atoms with van der Waals surface area (Å²) in [6.45, 7) is 10.5. The quantitative estimate of drug-likeness (QED) is 0.707. The molecule has 1 heterocycles. The monoisotopic (exact) mass is 286 g/mol. The van der Waals surface area contributed by atoms with Crippen LogP contribution in [0.15, 0.2) is 0 Å². The van der Waals surface area contributed by atoms with Crippen LogP contribution in [0.25, 0.3) is 0 Å². The zero-order valence-electron chi connectivity index (χ0n) is 12.9. The molecule has 0 aromatic rings. The van der Waals surface area contributed by atoms with Gasteiger partial charge in [0.15, 0.2) is 0 Å². The van der Waals surface area contributed by atoms with E-state index in [1.807, 2.05) is 11.8 Å². The lowest BCUT2D eigenvalue weighted by molar-refractivity contribution is -0.133. The van der Waals surface area contributed by atoms with E-state index in [1.165, 1.54) is 6.42 Å². The summed E-state index contributed by atoms with van der Waals surface area (Å²) in [5.74, 6) is 2.96. The smallest absolute Gasteiger partial charge is 0.226 e. The van der Waals surface area contributed by atoms with Crippen molar-refractivity contribution < 1.29 is 4.79 Å². The first-order chi connectivity index (χ1) is 8.98. The van der Waals surface area contributed by atoms with Crippen LogP contribution in [-0.4, -0.2) is 36.5 Å². The summed E-state index contributed by atoms with van der Waals surface area (Å²) < 4.78 is 0. The van der Waals surface area contributed by atoms with Gasteiger partial charge in [-0.2, -0.15) is 11.8 Å². The molecule has 1 saturated heterocycles. The molecule has 0 aliphatic carbocycles. The van der Waals surface area contributed by atoms with Gasteiger partial charge in [0.1, 0.15) is 0 Å². The van der Waals surface area contributed by atoms with Crippen molar-refractivity contribution in [3.05, 3.63) is 0 Å². The first kappa shape index (κ1) is 16.8. The van der Waals surface area contributed by atoms with Gasteiger partial charge in [0.25, 0.3) is 0 Å². The minimum atomic E-state index is -0.264. The molecule has 0 aromatic carbocycles. The van der Waals surface area contributed by atoms with Crippen LogP contribution in [0.5, 0.6) is 0 Å². The molecule has 0 aromatic heterocycles. The lowest BCUT2D eigenvalue weighted by atomic mass is 9.74. The van der Waals surface area contributed by atoms with Crippen LogP contribution in [0.1, 0.15) is 47.0 Å². The second-order valence-corrected chi connectivity index (χ2v) is 7.52. The van der Waals surface area contributed by atoms with Crippen molar-refractivity contribution in [1.29, 1.82) is 0 Å². The number of hydrogen-bond acceptors (Lipinski definition) is 3. The van der Waals surface area contributed by atoms with Gasteiger partial charge in [-0.25, -0.2) is 0 Å². The molecule has 0 radical (unpaired) electrons. The number of hydrogen-bond donors (Lipinski definition) is 2. The van der Waals surface area contributed by atoms with Gasteiger partial charge in [-0.1, -0.05) is 20.8 Å². The maximum atomic E-state index is 12.5. The van der Waals surface area contributed by atoms with E-state index in [4.69, 9.17) is 0 Å². The Hall–Kier alpha value is -0.220. The number of rotatable bonds is 7. The van der Waals surface area contributed by atoms with Gasteiger partial charge >= 0.3 is 0 Å². The third-order valence-corrected chi connectivity index (χ3v) is 5.11. The molecule has 0 saturated carbocycles. The first-order valence-electron chi connectivity index (χ1n) is 7.58. The number of amides is 1. The van der Waals surface area contributed by atoms with Crippen LogP contribution in [0, 0.1) is 11.3 Å². The summed E-state index contributed by atoms with van der Waals surface area (Å²) in [6.07, 6.45) is 3.40. The SMILES string of the molecule is CCSCCC(C)NC(=O)C(C)(C)C1CCCNC1. The van der Waals surface area contributed by atoms with Crippen LogP contribution in [0.3, 0.4) is 0 Å². The topological polar surface area (TPSA) is 41.1 Å². The highest BCUT2D eigenvalue weighted by Gasteiger charge is 2.37. The molecule has 3 nitrogen and oxygen atoms in total. The van der Waals surface area contributed by atoms with Crippen LogP contribution in [0.2, 0.25) is 0 Å². The zero-order valence-corrected chi connectivity index (χ0v) is 13.7. The van der Waals surface area contributed by atoms with E-state index in [-0.39, 0.29) is 17.4 Å². The highest BCUT2D eigenvalue weighted by molar-refractivity contribution is 7.99. The lowest BCUT2D eigenvalue weighted by Gasteiger charge is -2.36. The van der Waals surface area contributed by atoms with Crippen molar-refractivity contribution in [3.63, 3.8) is 0 Å². The number of carbonyl (C=O) groups is 1. The second-order valence-electron chi connectivity index (χ2n) is 6.13. The van der Waals surface area contributed by atoms with Crippen molar-refractivity contribution in [2.75, 3.05) is 24.6 Å². The van der Waals surface area contributed by atoms with Crippen LogP contribution in [0.4, 0.5) is 0 Å². The van der Waals surface area contributed by atoms with Crippen LogP contribution in [-0.2, 0) is 4.79 Å². The van der Waals surface area contributed by atoms with Gasteiger partial charge in [-0.05, 0) is 56.7 Å². The maximum Gasteiger partial charge on any atom is 0.226 e. The summed E-state index contributed by atoms with van der Waals surface area (Å²) in [4.78, 5) is 12.5. The molecule has 1 fully saturated rings. The van der Waals surface area contributed by atoms with Crippen molar-refractivity contribution in [2.24, 2.45) is 11.3 Å². The Bertz CT molecular complexity index is 275. The summed E-state index contributed by atoms with van der Waals surface area (Å²) in [6, 6.07) is 0.280. The summed E-state index contributed by atoms with van der Waals surface area (Å²) >= 11 is 1.94. The Balaban J connectivity index is 2.41. The Morgan fingerprint density at radius 3 is 2.84 bits per heavy atom. The summed E-state index contributed by atoms with van der Waals surface area (Å²) in [5, 5.41) is 6.60. The Kier molecular flexibility index (Phi) is 7.22. The van der Waals surface area contributed by atoms with Crippen LogP contribution < -0.4 is 10.6 Å². The summed E-state index contributed by atoms with van der Waals surface area (Å²) in [5.41, 5.74) is -0.264. The van der Waals surface area contributed by atoms with Gasteiger partial charge in [-0.15, -0.1) is 0 Å². The Morgan fingerprint density at radius 2 is 2.26 bits per heavy atom. The molecule has 2 atom stereocenters. The molecular formula is C15H30N2OS. The van der Waals surface area contributed by atoms with Gasteiger partial charge in [-0.3, -0.25) is 4.79 Å². The maximum absolute atomic E-state index is 12.5. The van der Waals surface area contributed by atoms with Gasteiger partial charge in [0.05, 0.1) is 0 Å². The molecule has 2 unspecified atom stereocenters. The molecule has 0 spiro atoms. The normalized spacial score (nSPS) is 22.0. The van der Waals surface area contributed by atoms with E-state index in [0.29, 0.717) is 5.92 Å². The number of carbonyl (C=O) groups excluding carboxylic acids is 1. The molecule has 1 rings (SSSR count). The molecule has 112 valence electrons. The molecule has 1 amide bonds. The zero-order chi connectivity index (χ0) is 14.3. The number of thioether (sulfide) groups is 1. The van der Waals surface area contributed by atoms with E-state index < -0.39 is 0 Å². The van der Waals surface area contributed by atoms with E-state index in [9.17, 15) is 4.79 Å². The van der Waals surface area contributed by atoms with Crippen molar-refractivity contribution in [2.45, 2.75) is 53.0 Å². The fourth-order valence-corrected chi connectivity index (χ4v) is 3.35. The third kappa shape index (κ3) is 5.35. The Morgan fingerprint density at radius 1 is 1.53 bits per heavy atom. The average Bonchev–Trinajstić information content (AvgIpc) is 2.40. The standard InChI is InChI=1S/C15H30N2OS/c1-5-19-10-8-12(2)17-14(18)15(3,4)13-7-6-9-16-11-13/h12-13,16H,5-11H2,1-4H3,(H,17,18). The van der Waals surface area contributed by atoms with Gasteiger partial charge in [0.2, 0.25) is 5.91 Å². The molecule has 2 N–H and O–H groups in total. The fraction of sp³-hybridized carbons (Fsp3) is 0.933. The van der Waals surface area contributed by atoms with E-state index >= 15 is 0 Å². The van der Waals surface area contributed by atoms with Crippen molar-refractivity contribution in [1.82, 2.24) is 10.6 Å². The lowest BCUT2D eigenvalue weighted by Crippen LogP contribution is -2.49. The third-order valence-electron chi connectivity index (χ3n) is 4.18. The Labute approximate surface area is 122 Å². The molecule has 1 aliphatic heterocycles. The number of piperidine rings is 1. The highest BCUT2D eigenvalue weighted by atomic mass is 32.2. The van der Waals surface area contributed by atoms with Gasteiger partial charge < -0.3 is 10.6 Å². The predicted molar refractivity (Wildman–Crippen MR) is 84.6 cm³/mol. The minimum absolute atomic E-state index is 0.218. The van der Waals surface area contributed by atoms with E-state index in [1.54, 1.807) is 0 Å². The summed E-state index contributed by atoms with van der Waals surface area (Å²) in [7, 11) is 0. The predicted octanol–water partition coefficient (Wildman–Crippen LogP) is 2.66. The van der Waals surface area contributed by atoms with E-state index in [0.717, 1.165) is 37.4 Å². The number of nitrogens with one attached hydrogen (secondary N) is 2. The average molecular weight is 286 g/mol. The molecule has 4 heteroatoms.